The molecule has 0 spiro atoms. The SMILES string of the molecule is c1ccc(-c2cc(-c3ccccc3)cc([Si](c3ccccc3)(c3ccccc3)c3ccc(-n4c5ccccc5c5c(-n6c7ccccc7c7c([Si](c8ccccc8)(c8ccccc8)c8cccc(-n9c%10ccccc%10c%10ccccc%109)c8)cccc76)cccc54)cc3)c2)cc1. The van der Waals surface area contributed by atoms with Crippen molar-refractivity contribution in [2.24, 2.45) is 0 Å². The summed E-state index contributed by atoms with van der Waals surface area (Å²) in [5.74, 6) is 0. The van der Waals surface area contributed by atoms with Crippen molar-refractivity contribution in [3.8, 4) is 39.3 Å². The number of nitrogens with zero attached hydrogens (tertiary/aromatic N) is 3. The predicted octanol–water partition coefficient (Wildman–Crippen LogP) is 17.1. The van der Waals surface area contributed by atoms with E-state index in [1.165, 1.54) is 118 Å². The minimum Gasteiger partial charge on any atom is -0.309 e. The second kappa shape index (κ2) is 23.1. The fraction of sp³-hybridized carbons (Fsp3) is 0. The normalized spacial score (nSPS) is 12.0. The molecule has 0 unspecified atom stereocenters. The number of fused-ring (bicyclic) bond motifs is 9. The maximum atomic E-state index is 2.58. The molecule has 18 aromatic rings. The van der Waals surface area contributed by atoms with Crippen LogP contribution in [-0.4, -0.2) is 29.8 Å². The molecule has 0 bridgehead atoms. The van der Waals surface area contributed by atoms with E-state index in [-0.39, 0.29) is 0 Å². The largest absolute Gasteiger partial charge is 0.309 e. The lowest BCUT2D eigenvalue weighted by molar-refractivity contribution is 1.17. The minimum absolute atomic E-state index is 1.11. The standard InChI is InChI=1S/C90H63N3Si2/c1-7-30-64(31-8-1)66-60-67(65-32-9-2-10-33-65)62-76(61-66)94(70-35-11-3-12-36-70,71-37-13-4-14-38-71)74-58-56-68(57-59-74)91-83-50-25-21-46-79(83)89-85(91)52-28-53-86(89)93-84-51-26-22-47-80(84)90-87(93)54-29-55-88(90)95(72-39-15-5-16-40-72,73-41-17-6-18-42-73)75-43-27-34-69(63-75)92-81-48-23-19-44-77(81)78-45-20-24-49-82(78)92/h1-63H. The van der Waals surface area contributed by atoms with Gasteiger partial charge in [0.2, 0.25) is 0 Å². The molecular formula is C90H63N3Si2. The second-order valence-electron chi connectivity index (χ2n) is 25.0. The topological polar surface area (TPSA) is 14.8 Å². The van der Waals surface area contributed by atoms with E-state index >= 15 is 0 Å². The highest BCUT2D eigenvalue weighted by molar-refractivity contribution is 7.21. The number of para-hydroxylation sites is 4. The maximum Gasteiger partial charge on any atom is 0.180 e. The van der Waals surface area contributed by atoms with Gasteiger partial charge in [-0.25, -0.2) is 0 Å². The van der Waals surface area contributed by atoms with Crippen LogP contribution >= 0.6 is 0 Å². The van der Waals surface area contributed by atoms with E-state index in [1.54, 1.807) is 0 Å². The highest BCUT2D eigenvalue weighted by Gasteiger charge is 2.45. The summed E-state index contributed by atoms with van der Waals surface area (Å²) in [6.45, 7) is 0. The van der Waals surface area contributed by atoms with E-state index in [4.69, 9.17) is 0 Å². The number of hydrogen-bond donors (Lipinski definition) is 0. The third-order valence-corrected chi connectivity index (χ3v) is 29.7. The fourth-order valence-corrected chi connectivity index (χ4v) is 26.0. The highest BCUT2D eigenvalue weighted by atomic mass is 28.3. The highest BCUT2D eigenvalue weighted by Crippen LogP contribution is 2.41. The van der Waals surface area contributed by atoms with Crippen molar-refractivity contribution in [1.29, 1.82) is 0 Å². The molecule has 446 valence electrons. The Balaban J connectivity index is 0.853. The number of hydrogen-bond acceptors (Lipinski definition) is 0. The lowest BCUT2D eigenvalue weighted by Crippen LogP contribution is -2.74. The molecule has 0 aliphatic heterocycles. The van der Waals surface area contributed by atoms with Gasteiger partial charge in [-0.15, -0.1) is 0 Å². The summed E-state index contributed by atoms with van der Waals surface area (Å²) < 4.78 is 7.55. The van der Waals surface area contributed by atoms with Crippen molar-refractivity contribution in [2.45, 2.75) is 0 Å². The van der Waals surface area contributed by atoms with Gasteiger partial charge in [0.05, 0.1) is 38.8 Å². The van der Waals surface area contributed by atoms with Gasteiger partial charge in [-0.1, -0.05) is 309 Å². The van der Waals surface area contributed by atoms with Crippen LogP contribution in [0, 0.1) is 0 Å². The third-order valence-electron chi connectivity index (χ3n) is 20.1. The van der Waals surface area contributed by atoms with Gasteiger partial charge in [-0.05, 0) is 137 Å². The van der Waals surface area contributed by atoms with Crippen molar-refractivity contribution in [3.05, 3.63) is 382 Å². The van der Waals surface area contributed by atoms with Gasteiger partial charge in [0.25, 0.3) is 0 Å². The summed E-state index contributed by atoms with van der Waals surface area (Å²) in [7, 11) is -6.31. The summed E-state index contributed by atoms with van der Waals surface area (Å²) >= 11 is 0. The van der Waals surface area contributed by atoms with E-state index in [9.17, 15) is 0 Å². The zero-order valence-electron chi connectivity index (χ0n) is 52.2. The van der Waals surface area contributed by atoms with Crippen molar-refractivity contribution in [1.82, 2.24) is 13.7 Å². The molecule has 18 rings (SSSR count). The molecule has 0 amide bonds. The first-order valence-electron chi connectivity index (χ1n) is 32.9. The van der Waals surface area contributed by atoms with Crippen LogP contribution in [0.25, 0.3) is 105 Å². The monoisotopic (exact) mass is 1240 g/mol. The molecule has 0 saturated heterocycles. The first kappa shape index (κ1) is 55.9. The van der Waals surface area contributed by atoms with Crippen LogP contribution in [0.2, 0.25) is 0 Å². The minimum atomic E-state index is -3.23. The van der Waals surface area contributed by atoms with E-state index < -0.39 is 16.1 Å². The molecule has 95 heavy (non-hydrogen) atoms. The maximum absolute atomic E-state index is 3.23. The third kappa shape index (κ3) is 8.85. The molecule has 0 aliphatic rings. The Morgan fingerprint density at radius 2 is 0.537 bits per heavy atom. The van der Waals surface area contributed by atoms with Gasteiger partial charge in [0, 0.05) is 43.7 Å². The van der Waals surface area contributed by atoms with Crippen molar-refractivity contribution in [3.63, 3.8) is 0 Å². The first-order chi connectivity index (χ1) is 47.2. The zero-order chi connectivity index (χ0) is 62.9. The molecule has 0 radical (unpaired) electrons. The van der Waals surface area contributed by atoms with E-state index in [0.717, 1.165) is 28.1 Å². The Bertz CT molecular complexity index is 5690. The van der Waals surface area contributed by atoms with Gasteiger partial charge in [0.1, 0.15) is 0 Å². The molecule has 0 saturated carbocycles. The average molecular weight is 1240 g/mol. The Morgan fingerprint density at radius 3 is 1.05 bits per heavy atom. The van der Waals surface area contributed by atoms with Crippen LogP contribution in [0.5, 0.6) is 0 Å². The molecule has 0 aliphatic carbocycles. The Morgan fingerprint density at radius 1 is 0.179 bits per heavy atom. The molecule has 0 fully saturated rings. The Labute approximate surface area is 554 Å². The summed E-state index contributed by atoms with van der Waals surface area (Å²) in [5, 5.41) is 18.1. The van der Waals surface area contributed by atoms with E-state index in [1.807, 2.05) is 0 Å². The molecule has 15 aromatic carbocycles. The van der Waals surface area contributed by atoms with E-state index in [0.29, 0.717) is 0 Å². The lowest BCUT2D eigenvalue weighted by Gasteiger charge is -2.35. The molecule has 0 atom stereocenters. The number of aromatic nitrogens is 3. The Hall–Kier alpha value is -11.9. The van der Waals surface area contributed by atoms with E-state index in [2.05, 4.69) is 396 Å². The zero-order valence-corrected chi connectivity index (χ0v) is 54.2. The molecule has 3 heterocycles. The van der Waals surface area contributed by atoms with Crippen LogP contribution in [0.15, 0.2) is 382 Å². The first-order valence-corrected chi connectivity index (χ1v) is 36.9. The summed E-state index contributed by atoms with van der Waals surface area (Å²) in [4.78, 5) is 0. The van der Waals surface area contributed by atoms with Crippen LogP contribution < -0.4 is 41.5 Å². The van der Waals surface area contributed by atoms with Crippen molar-refractivity contribution in [2.75, 3.05) is 0 Å². The van der Waals surface area contributed by atoms with Gasteiger partial charge in [-0.3, -0.25) is 0 Å². The quantitative estimate of drug-likeness (QED) is 0.0807. The second-order valence-corrected chi connectivity index (χ2v) is 32.6. The van der Waals surface area contributed by atoms with Crippen molar-refractivity contribution < 1.29 is 0 Å². The average Bonchev–Trinajstić information content (AvgIpc) is 1.55. The fourth-order valence-electron chi connectivity index (χ4n) is 16.2. The smallest absolute Gasteiger partial charge is 0.180 e. The van der Waals surface area contributed by atoms with Crippen molar-refractivity contribution >= 4 is 123 Å². The summed E-state index contributed by atoms with van der Waals surface area (Å²) in [5.41, 5.74) is 15.3. The molecule has 5 heteroatoms. The van der Waals surface area contributed by atoms with Gasteiger partial charge in [0.15, 0.2) is 16.1 Å². The van der Waals surface area contributed by atoms with Crippen LogP contribution in [0.4, 0.5) is 0 Å². The van der Waals surface area contributed by atoms with Gasteiger partial charge >= 0.3 is 0 Å². The summed E-state index contributed by atoms with van der Waals surface area (Å²) in [6, 6.07) is 144. The molecule has 0 N–H and O–H groups in total. The number of rotatable bonds is 13. The summed E-state index contributed by atoms with van der Waals surface area (Å²) in [6.07, 6.45) is 0. The lowest BCUT2D eigenvalue weighted by atomic mass is 9.99. The predicted molar refractivity (Wildman–Crippen MR) is 408 cm³/mol. The van der Waals surface area contributed by atoms with Crippen LogP contribution in [-0.2, 0) is 0 Å². The molecule has 3 aromatic heterocycles. The van der Waals surface area contributed by atoms with Gasteiger partial charge in [-0.2, -0.15) is 0 Å². The molecular weight excluding hydrogens is 1180 g/mol. The molecule has 3 nitrogen and oxygen atoms in total. The number of benzene rings is 15. The van der Waals surface area contributed by atoms with Crippen LogP contribution in [0.3, 0.4) is 0 Å². The van der Waals surface area contributed by atoms with Gasteiger partial charge < -0.3 is 13.7 Å². The van der Waals surface area contributed by atoms with Crippen LogP contribution in [0.1, 0.15) is 0 Å². The Kier molecular flexibility index (Phi) is 13.6.